The third kappa shape index (κ3) is 3.74. The van der Waals surface area contributed by atoms with Crippen LogP contribution in [-0.2, 0) is 12.8 Å². The molecule has 6 nitrogen and oxygen atoms in total. The van der Waals surface area contributed by atoms with Crippen LogP contribution in [0.4, 0.5) is 0 Å². The largest absolute Gasteiger partial charge is 0.487 e. The summed E-state index contributed by atoms with van der Waals surface area (Å²) in [5.74, 6) is 5.96. The van der Waals surface area contributed by atoms with Gasteiger partial charge in [-0.2, -0.15) is 0 Å². The van der Waals surface area contributed by atoms with Crippen molar-refractivity contribution in [2.45, 2.75) is 44.6 Å². The molecular formula is C27H29N3O3. The van der Waals surface area contributed by atoms with Crippen molar-refractivity contribution in [3.8, 4) is 5.75 Å². The number of hydrogen-bond acceptors (Lipinski definition) is 4. The van der Waals surface area contributed by atoms with Crippen LogP contribution in [0.15, 0.2) is 65.6 Å². The van der Waals surface area contributed by atoms with Crippen LogP contribution in [0.3, 0.4) is 0 Å². The Balaban J connectivity index is 1.71. The molecule has 1 amide bonds. The molecule has 0 fully saturated rings. The fraction of sp³-hybridized carbons (Fsp3) is 0.333. The van der Waals surface area contributed by atoms with Crippen molar-refractivity contribution < 1.29 is 9.53 Å². The SMILES string of the molecule is CCCCOc1c2n(ccc1=O)C(C1c3ccccc3CCc3ccccc31)CN(N)C2=O. The minimum atomic E-state index is -0.384. The Morgan fingerprint density at radius 1 is 0.970 bits per heavy atom. The number of fused-ring (bicyclic) bond motifs is 3. The van der Waals surface area contributed by atoms with E-state index in [-0.39, 0.29) is 34.7 Å². The molecule has 0 saturated carbocycles. The molecule has 1 atom stereocenters. The standard InChI is InChI=1S/C27H29N3O3/c1-2-3-16-33-26-23(31)14-15-29-22(17-30(28)27(32)25(26)29)24-20-10-6-4-8-18(20)12-13-19-9-5-7-11-21(19)24/h4-11,14-15,22,24H,2-3,12-13,16-17,28H2,1H3. The number of carbonyl (C=O) groups is 1. The number of pyridine rings is 1. The second-order valence-corrected chi connectivity index (χ2v) is 8.87. The zero-order chi connectivity index (χ0) is 22.9. The van der Waals surface area contributed by atoms with Crippen LogP contribution in [0.1, 0.15) is 64.5 Å². The Morgan fingerprint density at radius 2 is 1.61 bits per heavy atom. The van der Waals surface area contributed by atoms with Crippen molar-refractivity contribution in [3.63, 3.8) is 0 Å². The number of carbonyl (C=O) groups excluding carboxylic acids is 1. The molecule has 1 aliphatic carbocycles. The van der Waals surface area contributed by atoms with E-state index in [2.05, 4.69) is 55.5 Å². The van der Waals surface area contributed by atoms with Crippen LogP contribution in [-0.4, -0.2) is 28.6 Å². The number of ether oxygens (including phenoxy) is 1. The molecule has 0 spiro atoms. The zero-order valence-electron chi connectivity index (χ0n) is 18.9. The van der Waals surface area contributed by atoms with Crippen molar-refractivity contribution in [1.29, 1.82) is 0 Å². The van der Waals surface area contributed by atoms with Gasteiger partial charge in [-0.15, -0.1) is 0 Å². The van der Waals surface area contributed by atoms with Crippen LogP contribution >= 0.6 is 0 Å². The molecule has 1 aromatic heterocycles. The van der Waals surface area contributed by atoms with Gasteiger partial charge >= 0.3 is 0 Å². The lowest BCUT2D eigenvalue weighted by atomic mass is 9.81. The minimum Gasteiger partial charge on any atom is -0.487 e. The summed E-state index contributed by atoms with van der Waals surface area (Å²) in [5.41, 5.74) is 5.06. The molecule has 0 bridgehead atoms. The lowest BCUT2D eigenvalue weighted by Crippen LogP contribution is -2.49. The molecule has 2 aromatic carbocycles. The summed E-state index contributed by atoms with van der Waals surface area (Å²) in [7, 11) is 0. The highest BCUT2D eigenvalue weighted by Crippen LogP contribution is 2.43. The lowest BCUT2D eigenvalue weighted by Gasteiger charge is -2.39. The second-order valence-electron chi connectivity index (χ2n) is 8.87. The Morgan fingerprint density at radius 3 is 2.24 bits per heavy atom. The molecule has 1 unspecified atom stereocenters. The van der Waals surface area contributed by atoms with Crippen molar-refractivity contribution in [1.82, 2.24) is 9.58 Å². The average molecular weight is 444 g/mol. The fourth-order valence-corrected chi connectivity index (χ4v) is 5.23. The Hall–Kier alpha value is -3.38. The van der Waals surface area contributed by atoms with E-state index in [0.29, 0.717) is 13.2 Å². The molecule has 3 aromatic rings. The van der Waals surface area contributed by atoms with Crippen molar-refractivity contribution in [2.24, 2.45) is 5.84 Å². The topological polar surface area (TPSA) is 77.6 Å². The van der Waals surface area contributed by atoms with Gasteiger partial charge in [-0.3, -0.25) is 14.6 Å². The summed E-state index contributed by atoms with van der Waals surface area (Å²) in [6.07, 6.45) is 5.40. The van der Waals surface area contributed by atoms with Crippen LogP contribution < -0.4 is 16.0 Å². The summed E-state index contributed by atoms with van der Waals surface area (Å²) >= 11 is 0. The number of benzene rings is 2. The van der Waals surface area contributed by atoms with Crippen molar-refractivity contribution in [2.75, 3.05) is 13.2 Å². The number of hydrogen-bond donors (Lipinski definition) is 1. The van der Waals surface area contributed by atoms with Crippen LogP contribution in [0.5, 0.6) is 5.75 Å². The number of nitrogens with zero attached hydrogens (tertiary/aromatic N) is 2. The van der Waals surface area contributed by atoms with E-state index < -0.39 is 0 Å². The maximum Gasteiger partial charge on any atom is 0.288 e. The molecule has 33 heavy (non-hydrogen) atoms. The van der Waals surface area contributed by atoms with E-state index in [1.807, 2.05) is 4.57 Å². The predicted molar refractivity (Wildman–Crippen MR) is 128 cm³/mol. The second kappa shape index (κ2) is 8.87. The Kier molecular flexibility index (Phi) is 5.77. The van der Waals surface area contributed by atoms with Crippen LogP contribution in [0, 0.1) is 0 Å². The summed E-state index contributed by atoms with van der Waals surface area (Å²) < 4.78 is 7.79. The van der Waals surface area contributed by atoms with Gasteiger partial charge < -0.3 is 9.30 Å². The third-order valence-corrected chi connectivity index (χ3v) is 6.86. The zero-order valence-corrected chi connectivity index (χ0v) is 18.9. The Bertz CT molecular complexity index is 1200. The maximum atomic E-state index is 13.2. The highest BCUT2D eigenvalue weighted by molar-refractivity contribution is 5.95. The third-order valence-electron chi connectivity index (χ3n) is 6.86. The molecular weight excluding hydrogens is 414 g/mol. The highest BCUT2D eigenvalue weighted by Gasteiger charge is 2.39. The summed E-state index contributed by atoms with van der Waals surface area (Å²) in [6.45, 7) is 2.79. The van der Waals surface area contributed by atoms with Gasteiger partial charge in [0.2, 0.25) is 5.43 Å². The molecule has 1 aliphatic heterocycles. The maximum absolute atomic E-state index is 13.2. The van der Waals surface area contributed by atoms with Gasteiger partial charge in [0.1, 0.15) is 0 Å². The first-order chi connectivity index (χ1) is 16.1. The van der Waals surface area contributed by atoms with Crippen LogP contribution in [0.25, 0.3) is 0 Å². The first-order valence-electron chi connectivity index (χ1n) is 11.7. The molecule has 0 saturated heterocycles. The number of aromatic nitrogens is 1. The Labute approximate surface area is 193 Å². The van der Waals surface area contributed by atoms with E-state index in [1.54, 1.807) is 6.20 Å². The van der Waals surface area contributed by atoms with E-state index in [1.165, 1.54) is 33.3 Å². The average Bonchev–Trinajstić information content (AvgIpc) is 2.99. The quantitative estimate of drug-likeness (QED) is 0.369. The van der Waals surface area contributed by atoms with Crippen LogP contribution in [0.2, 0.25) is 0 Å². The minimum absolute atomic E-state index is 0.0104. The summed E-state index contributed by atoms with van der Waals surface area (Å²) in [4.78, 5) is 25.9. The highest BCUT2D eigenvalue weighted by atomic mass is 16.5. The summed E-state index contributed by atoms with van der Waals surface area (Å²) in [5, 5.41) is 1.24. The molecule has 6 heteroatoms. The number of unbranched alkanes of at least 4 members (excludes halogenated alkanes) is 1. The molecule has 5 rings (SSSR count). The molecule has 2 aliphatic rings. The van der Waals surface area contributed by atoms with E-state index in [4.69, 9.17) is 10.6 Å². The van der Waals surface area contributed by atoms with Gasteiger partial charge in [0.15, 0.2) is 11.4 Å². The van der Waals surface area contributed by atoms with Gasteiger partial charge in [-0.25, -0.2) is 5.84 Å². The first-order valence-corrected chi connectivity index (χ1v) is 11.7. The number of nitrogens with two attached hydrogens (primary N) is 1. The van der Waals surface area contributed by atoms with Gasteiger partial charge in [-0.1, -0.05) is 61.9 Å². The molecule has 170 valence electrons. The number of rotatable bonds is 5. The predicted octanol–water partition coefficient (Wildman–Crippen LogP) is 3.83. The van der Waals surface area contributed by atoms with Gasteiger partial charge in [0.05, 0.1) is 19.2 Å². The monoisotopic (exact) mass is 443 g/mol. The summed E-state index contributed by atoms with van der Waals surface area (Å²) in [6, 6.07) is 18.4. The first kappa shape index (κ1) is 21.5. The fourth-order valence-electron chi connectivity index (χ4n) is 5.23. The van der Waals surface area contributed by atoms with E-state index >= 15 is 0 Å². The van der Waals surface area contributed by atoms with Crippen molar-refractivity contribution >= 4 is 5.91 Å². The normalized spacial score (nSPS) is 17.7. The smallest absolute Gasteiger partial charge is 0.288 e. The number of hydrazine groups is 1. The number of amides is 1. The van der Waals surface area contributed by atoms with Gasteiger partial charge in [0, 0.05) is 18.2 Å². The van der Waals surface area contributed by atoms with Gasteiger partial charge in [-0.05, 0) is 41.5 Å². The lowest BCUT2D eigenvalue weighted by molar-refractivity contribution is 0.0647. The van der Waals surface area contributed by atoms with Crippen molar-refractivity contribution in [3.05, 3.63) is 99.0 Å². The molecule has 0 radical (unpaired) electrons. The van der Waals surface area contributed by atoms with E-state index in [0.717, 1.165) is 25.7 Å². The number of aryl methyl sites for hydroxylation is 2. The van der Waals surface area contributed by atoms with E-state index in [9.17, 15) is 9.59 Å². The molecule has 2 heterocycles. The molecule has 2 N–H and O–H groups in total. The van der Waals surface area contributed by atoms with Gasteiger partial charge in [0.25, 0.3) is 5.91 Å².